The van der Waals surface area contributed by atoms with Crippen molar-refractivity contribution in [1.29, 1.82) is 0 Å². The molecule has 0 N–H and O–H groups in total. The van der Waals surface area contributed by atoms with Gasteiger partial charge in [-0.05, 0) is 54.7 Å². The maximum absolute atomic E-state index is 5.41. The van der Waals surface area contributed by atoms with Crippen molar-refractivity contribution < 1.29 is 33.2 Å². The van der Waals surface area contributed by atoms with E-state index in [0.29, 0.717) is 13.2 Å². The zero-order valence-electron chi connectivity index (χ0n) is 15.0. The van der Waals surface area contributed by atoms with Gasteiger partial charge in [0.25, 0.3) is 11.9 Å². The van der Waals surface area contributed by atoms with Gasteiger partial charge in [0.2, 0.25) is 12.6 Å². The molecule has 0 aliphatic rings. The van der Waals surface area contributed by atoms with Crippen molar-refractivity contribution in [3.05, 3.63) is 25.0 Å². The maximum Gasteiger partial charge on any atom is 0.281 e. The molecule has 0 aliphatic heterocycles. The van der Waals surface area contributed by atoms with Gasteiger partial charge in [0, 0.05) is 13.2 Å². The van der Waals surface area contributed by atoms with E-state index >= 15 is 0 Å². The average molecular weight is 334 g/mol. The molecule has 4 atom stereocenters. The van der Waals surface area contributed by atoms with E-state index in [9.17, 15) is 0 Å². The fourth-order valence-corrected chi connectivity index (χ4v) is 1.69. The highest BCUT2D eigenvalue weighted by Gasteiger charge is 2.14. The summed E-state index contributed by atoms with van der Waals surface area (Å²) in [7, 11) is 0. The molecule has 0 rings (SSSR count). The molecule has 7 heteroatoms. The van der Waals surface area contributed by atoms with Crippen molar-refractivity contribution in [2.45, 2.75) is 66.7 Å². The molecule has 0 heterocycles. The van der Waals surface area contributed by atoms with Crippen LogP contribution in [0.2, 0.25) is 0 Å². The van der Waals surface area contributed by atoms with E-state index in [4.69, 9.17) is 33.2 Å². The Morgan fingerprint density at radius 1 is 0.696 bits per heavy atom. The SMILES string of the molecule is C=C(OC(=C)OC(C)OC(C)OCC)OC(C)OC(C)OCC. The van der Waals surface area contributed by atoms with Gasteiger partial charge >= 0.3 is 0 Å². The highest BCUT2D eigenvalue weighted by molar-refractivity contribution is 4.79. The van der Waals surface area contributed by atoms with Gasteiger partial charge in [-0.2, -0.15) is 0 Å². The van der Waals surface area contributed by atoms with Crippen LogP contribution >= 0.6 is 0 Å². The molecule has 136 valence electrons. The van der Waals surface area contributed by atoms with Crippen molar-refractivity contribution >= 4 is 0 Å². The van der Waals surface area contributed by atoms with Gasteiger partial charge in [0.15, 0.2) is 12.6 Å². The minimum atomic E-state index is -0.594. The van der Waals surface area contributed by atoms with Crippen molar-refractivity contribution in [3.63, 3.8) is 0 Å². The smallest absolute Gasteiger partial charge is 0.281 e. The first-order valence-corrected chi connectivity index (χ1v) is 7.71. The van der Waals surface area contributed by atoms with Gasteiger partial charge in [0.1, 0.15) is 0 Å². The Labute approximate surface area is 139 Å². The number of hydrogen-bond donors (Lipinski definition) is 0. The second-order valence-corrected chi connectivity index (χ2v) is 4.54. The lowest BCUT2D eigenvalue weighted by molar-refractivity contribution is -0.243. The molecule has 0 aromatic heterocycles. The molecule has 0 aromatic rings. The summed E-state index contributed by atoms with van der Waals surface area (Å²) in [5.74, 6) is -0.00693. The Morgan fingerprint density at radius 3 is 1.35 bits per heavy atom. The van der Waals surface area contributed by atoms with Gasteiger partial charge in [-0.1, -0.05) is 0 Å². The van der Waals surface area contributed by atoms with Crippen LogP contribution in [-0.4, -0.2) is 38.4 Å². The lowest BCUT2D eigenvalue weighted by Gasteiger charge is -2.23. The molecule has 0 aliphatic carbocycles. The molecule has 0 aromatic carbocycles. The monoisotopic (exact) mass is 334 g/mol. The summed E-state index contributed by atoms with van der Waals surface area (Å²) < 4.78 is 37.1. The molecule has 0 saturated heterocycles. The van der Waals surface area contributed by atoms with Crippen LogP contribution in [0.5, 0.6) is 0 Å². The minimum absolute atomic E-state index is 0.00347. The third-order valence-corrected chi connectivity index (χ3v) is 2.39. The third-order valence-electron chi connectivity index (χ3n) is 2.39. The molecule has 0 radical (unpaired) electrons. The Morgan fingerprint density at radius 2 is 1.04 bits per heavy atom. The van der Waals surface area contributed by atoms with Crippen molar-refractivity contribution in [3.8, 4) is 0 Å². The predicted molar refractivity (Wildman–Crippen MR) is 84.8 cm³/mol. The first kappa shape index (κ1) is 21.7. The van der Waals surface area contributed by atoms with Crippen LogP contribution in [0.3, 0.4) is 0 Å². The lowest BCUT2D eigenvalue weighted by atomic mass is 10.6. The largest absolute Gasteiger partial charge is 0.436 e. The van der Waals surface area contributed by atoms with E-state index in [2.05, 4.69) is 13.2 Å². The molecular weight excluding hydrogens is 304 g/mol. The van der Waals surface area contributed by atoms with Gasteiger partial charge in [-0.15, -0.1) is 0 Å². The molecule has 0 saturated carbocycles. The standard InChI is InChI=1S/C16H30O7/c1-9-17-11(3)19-13(5)21-15(7)23-16(8)22-14(6)20-12(4)18-10-2/h11-14H,7-10H2,1-6H3. The molecule has 0 amide bonds. The molecule has 7 nitrogen and oxygen atoms in total. The normalized spacial score (nSPS) is 16.1. The van der Waals surface area contributed by atoms with E-state index < -0.39 is 25.2 Å². The second-order valence-electron chi connectivity index (χ2n) is 4.54. The molecule has 4 unspecified atom stereocenters. The maximum atomic E-state index is 5.41. The minimum Gasteiger partial charge on any atom is -0.436 e. The van der Waals surface area contributed by atoms with Crippen molar-refractivity contribution in [2.24, 2.45) is 0 Å². The number of hydrogen-bond acceptors (Lipinski definition) is 7. The Hall–Kier alpha value is -1.28. The highest BCUT2D eigenvalue weighted by Crippen LogP contribution is 2.13. The quantitative estimate of drug-likeness (QED) is 0.356. The Balaban J connectivity index is 4.02. The summed E-state index contributed by atoms with van der Waals surface area (Å²) in [6.45, 7) is 19.0. The second kappa shape index (κ2) is 12.2. The van der Waals surface area contributed by atoms with Crippen LogP contribution in [0.25, 0.3) is 0 Å². The summed E-state index contributed by atoms with van der Waals surface area (Å²) in [5, 5.41) is 0. The first-order chi connectivity index (χ1) is 10.8. The van der Waals surface area contributed by atoms with Crippen LogP contribution in [0, 0.1) is 0 Å². The van der Waals surface area contributed by atoms with Crippen molar-refractivity contribution in [2.75, 3.05) is 13.2 Å². The van der Waals surface area contributed by atoms with Gasteiger partial charge in [0.05, 0.1) is 0 Å². The van der Waals surface area contributed by atoms with E-state index in [-0.39, 0.29) is 11.9 Å². The summed E-state index contributed by atoms with van der Waals surface area (Å²) in [4.78, 5) is 0. The zero-order chi connectivity index (χ0) is 17.8. The third kappa shape index (κ3) is 11.9. The van der Waals surface area contributed by atoms with Gasteiger partial charge < -0.3 is 33.2 Å². The van der Waals surface area contributed by atoms with Gasteiger partial charge in [-0.3, -0.25) is 0 Å². The molecular formula is C16H30O7. The van der Waals surface area contributed by atoms with Crippen LogP contribution in [0.4, 0.5) is 0 Å². The average Bonchev–Trinajstić information content (AvgIpc) is 2.37. The van der Waals surface area contributed by atoms with Crippen LogP contribution in [-0.2, 0) is 33.2 Å². The highest BCUT2D eigenvalue weighted by atomic mass is 16.8. The Kier molecular flexibility index (Phi) is 11.5. The van der Waals surface area contributed by atoms with Crippen molar-refractivity contribution in [1.82, 2.24) is 0 Å². The molecule has 23 heavy (non-hydrogen) atoms. The molecule has 0 bridgehead atoms. The lowest BCUT2D eigenvalue weighted by Crippen LogP contribution is -2.23. The number of ether oxygens (including phenoxy) is 7. The van der Waals surface area contributed by atoms with E-state index in [0.717, 1.165) is 0 Å². The fourth-order valence-electron chi connectivity index (χ4n) is 1.69. The zero-order valence-corrected chi connectivity index (χ0v) is 15.0. The van der Waals surface area contributed by atoms with E-state index in [1.54, 1.807) is 27.7 Å². The Bertz CT molecular complexity index is 313. The van der Waals surface area contributed by atoms with E-state index in [1.807, 2.05) is 13.8 Å². The number of rotatable bonds is 14. The molecule has 0 fully saturated rings. The summed E-state index contributed by atoms with van der Waals surface area (Å²) >= 11 is 0. The topological polar surface area (TPSA) is 64.6 Å². The van der Waals surface area contributed by atoms with Crippen LogP contribution < -0.4 is 0 Å². The van der Waals surface area contributed by atoms with E-state index in [1.165, 1.54) is 0 Å². The molecule has 0 spiro atoms. The summed E-state index contributed by atoms with van der Waals surface area (Å²) in [5.41, 5.74) is 0. The van der Waals surface area contributed by atoms with Crippen LogP contribution in [0.1, 0.15) is 41.5 Å². The predicted octanol–water partition coefficient (Wildman–Crippen LogP) is 3.47. The fraction of sp³-hybridized carbons (Fsp3) is 0.750. The summed E-state index contributed by atoms with van der Waals surface area (Å²) in [6.07, 6.45) is -1.97. The van der Waals surface area contributed by atoms with Gasteiger partial charge in [-0.25, -0.2) is 0 Å². The van der Waals surface area contributed by atoms with Crippen LogP contribution in [0.15, 0.2) is 25.0 Å². The summed E-state index contributed by atoms with van der Waals surface area (Å²) in [6, 6.07) is 0. The first-order valence-electron chi connectivity index (χ1n) is 7.71.